The summed E-state index contributed by atoms with van der Waals surface area (Å²) in [5.41, 5.74) is 1.58. The zero-order valence-electron chi connectivity index (χ0n) is 11.8. The van der Waals surface area contributed by atoms with Crippen LogP contribution in [0, 0.1) is 0 Å². The van der Waals surface area contributed by atoms with Crippen LogP contribution in [0.5, 0.6) is 0 Å². The second kappa shape index (κ2) is 5.34. The Morgan fingerprint density at radius 1 is 1.05 bits per heavy atom. The minimum Gasteiger partial charge on any atom is -0.492 e. The van der Waals surface area contributed by atoms with E-state index in [0.717, 1.165) is 11.1 Å². The Labute approximate surface area is 129 Å². The quantitative estimate of drug-likeness (QED) is 0.844. The van der Waals surface area contributed by atoms with Gasteiger partial charge in [-0.15, -0.1) is 0 Å². The van der Waals surface area contributed by atoms with Crippen LogP contribution >= 0.6 is 11.6 Å². The predicted molar refractivity (Wildman–Crippen MR) is 84.4 cm³/mol. The number of aliphatic hydroxyl groups is 1. The maximum Gasteiger partial charge on any atom is 0.225 e. The van der Waals surface area contributed by atoms with Crippen LogP contribution in [0.25, 0.3) is 0 Å². The molecule has 0 bridgehead atoms. The molecule has 0 saturated heterocycles. The monoisotopic (exact) mass is 300 g/mol. The molecule has 21 heavy (non-hydrogen) atoms. The van der Waals surface area contributed by atoms with Gasteiger partial charge in [0.05, 0.1) is 0 Å². The van der Waals surface area contributed by atoms with Gasteiger partial charge in [-0.1, -0.05) is 72.3 Å². The van der Waals surface area contributed by atoms with Crippen molar-refractivity contribution in [2.75, 3.05) is 0 Å². The summed E-state index contributed by atoms with van der Waals surface area (Å²) in [6, 6.07) is 20.0. The summed E-state index contributed by atoms with van der Waals surface area (Å²) in [5, 5.41) is 13.8. The van der Waals surface area contributed by atoms with Crippen LogP contribution in [0.2, 0.25) is 0 Å². The Bertz CT molecular complexity index is 657. The van der Waals surface area contributed by atoms with E-state index in [1.165, 1.54) is 0 Å². The fraction of sp³-hybridized carbons (Fsp3) is 0.176. The molecule has 0 saturated carbocycles. The van der Waals surface area contributed by atoms with E-state index in [9.17, 15) is 5.11 Å². The first-order chi connectivity index (χ1) is 10.1. The molecule has 3 nitrogen and oxygen atoms in total. The topological polar surface area (TPSA) is 35.5 Å². The molecular weight excluding hydrogens is 284 g/mol. The largest absolute Gasteiger partial charge is 0.492 e. The van der Waals surface area contributed by atoms with Crippen LogP contribution in [0.3, 0.4) is 0 Å². The average Bonchev–Trinajstić information content (AvgIpc) is 2.74. The molecule has 0 aromatic heterocycles. The molecule has 1 heterocycles. The van der Waals surface area contributed by atoms with Crippen LogP contribution in [-0.2, 0) is 12.2 Å². The first-order valence-corrected chi connectivity index (χ1v) is 7.23. The van der Waals surface area contributed by atoms with Crippen LogP contribution in [0.1, 0.15) is 18.1 Å². The third kappa shape index (κ3) is 2.45. The van der Waals surface area contributed by atoms with Gasteiger partial charge in [0, 0.05) is 6.54 Å². The summed E-state index contributed by atoms with van der Waals surface area (Å²) in [4.78, 5) is 1.88. The third-order valence-corrected chi connectivity index (χ3v) is 4.13. The van der Waals surface area contributed by atoms with Crippen molar-refractivity contribution in [3.8, 4) is 0 Å². The van der Waals surface area contributed by atoms with Crippen LogP contribution < -0.4 is 5.32 Å². The molecule has 2 N–H and O–H groups in total. The van der Waals surface area contributed by atoms with E-state index in [2.05, 4.69) is 5.32 Å². The van der Waals surface area contributed by atoms with E-state index in [4.69, 9.17) is 11.6 Å². The van der Waals surface area contributed by atoms with Crippen LogP contribution in [0.4, 0.5) is 0 Å². The van der Waals surface area contributed by atoms with Crippen molar-refractivity contribution in [1.29, 1.82) is 0 Å². The van der Waals surface area contributed by atoms with E-state index < -0.39 is 5.66 Å². The number of hydrogen-bond acceptors (Lipinski definition) is 3. The summed E-state index contributed by atoms with van der Waals surface area (Å²) in [7, 11) is 0. The summed E-state index contributed by atoms with van der Waals surface area (Å²) in [6.07, 6.45) is 0. The van der Waals surface area contributed by atoms with E-state index in [1.54, 1.807) is 0 Å². The molecule has 0 aliphatic carbocycles. The van der Waals surface area contributed by atoms with E-state index in [1.807, 2.05) is 72.5 Å². The minimum atomic E-state index is -0.571. The molecule has 2 aromatic rings. The summed E-state index contributed by atoms with van der Waals surface area (Å²) >= 11 is 6.13. The molecule has 1 aliphatic rings. The van der Waals surface area contributed by atoms with E-state index >= 15 is 0 Å². The first kappa shape index (κ1) is 13.8. The minimum absolute atomic E-state index is 0.0758. The highest BCUT2D eigenvalue weighted by atomic mass is 35.5. The van der Waals surface area contributed by atoms with Gasteiger partial charge in [0.15, 0.2) is 5.16 Å². The lowest BCUT2D eigenvalue weighted by Gasteiger charge is -2.37. The Hall–Kier alpha value is -2.13. The maximum atomic E-state index is 10.3. The van der Waals surface area contributed by atoms with Crippen molar-refractivity contribution in [3.63, 3.8) is 0 Å². The fourth-order valence-electron chi connectivity index (χ4n) is 2.66. The van der Waals surface area contributed by atoms with Gasteiger partial charge in [0.1, 0.15) is 5.66 Å². The lowest BCUT2D eigenvalue weighted by atomic mass is 10.00. The van der Waals surface area contributed by atoms with Crippen molar-refractivity contribution in [2.45, 2.75) is 19.1 Å². The van der Waals surface area contributed by atoms with E-state index in [0.29, 0.717) is 6.54 Å². The second-order valence-electron chi connectivity index (χ2n) is 5.27. The van der Waals surface area contributed by atoms with Crippen molar-refractivity contribution >= 4 is 11.6 Å². The van der Waals surface area contributed by atoms with Crippen LogP contribution in [0.15, 0.2) is 71.7 Å². The zero-order chi connectivity index (χ0) is 14.9. The zero-order valence-corrected chi connectivity index (χ0v) is 12.5. The maximum absolute atomic E-state index is 10.3. The lowest BCUT2D eigenvalue weighted by Crippen LogP contribution is -2.46. The molecule has 0 spiro atoms. The molecule has 3 rings (SSSR count). The second-order valence-corrected chi connectivity index (χ2v) is 5.65. The van der Waals surface area contributed by atoms with E-state index in [-0.39, 0.29) is 11.0 Å². The Balaban J connectivity index is 1.98. The van der Waals surface area contributed by atoms with Gasteiger partial charge in [0.2, 0.25) is 5.88 Å². The van der Waals surface area contributed by atoms with Crippen molar-refractivity contribution in [2.24, 2.45) is 0 Å². The molecule has 1 unspecified atom stereocenters. The van der Waals surface area contributed by atoms with Gasteiger partial charge in [0.25, 0.3) is 0 Å². The highest BCUT2D eigenvalue weighted by Crippen LogP contribution is 2.37. The fourth-order valence-corrected chi connectivity index (χ4v) is 2.94. The van der Waals surface area contributed by atoms with Gasteiger partial charge < -0.3 is 15.3 Å². The molecule has 108 valence electrons. The Kier molecular flexibility index (Phi) is 3.52. The number of hydrogen-bond donors (Lipinski definition) is 2. The molecule has 4 heteroatoms. The highest BCUT2D eigenvalue weighted by Gasteiger charge is 2.42. The Morgan fingerprint density at radius 3 is 2.24 bits per heavy atom. The summed E-state index contributed by atoms with van der Waals surface area (Å²) in [5.74, 6) is 0.0758. The molecule has 2 aromatic carbocycles. The van der Waals surface area contributed by atoms with Gasteiger partial charge >= 0.3 is 0 Å². The molecule has 0 fully saturated rings. The summed E-state index contributed by atoms with van der Waals surface area (Å²) < 4.78 is 0. The van der Waals surface area contributed by atoms with Gasteiger partial charge in [-0.3, -0.25) is 0 Å². The summed E-state index contributed by atoms with van der Waals surface area (Å²) in [6.45, 7) is 2.58. The number of nitrogens with one attached hydrogen (secondary N) is 1. The molecular formula is C17H17ClN2O. The van der Waals surface area contributed by atoms with Crippen molar-refractivity contribution in [3.05, 3.63) is 82.8 Å². The number of nitrogens with zero attached hydrogens (tertiary/aromatic N) is 1. The normalized spacial score (nSPS) is 21.5. The predicted octanol–water partition coefficient (Wildman–Crippen LogP) is 3.89. The lowest BCUT2D eigenvalue weighted by molar-refractivity contribution is 0.0850. The number of benzene rings is 2. The smallest absolute Gasteiger partial charge is 0.225 e. The molecule has 1 atom stereocenters. The van der Waals surface area contributed by atoms with Gasteiger partial charge in [-0.2, -0.15) is 0 Å². The van der Waals surface area contributed by atoms with Crippen LogP contribution in [-0.4, -0.2) is 10.0 Å². The highest BCUT2D eigenvalue weighted by molar-refractivity contribution is 6.29. The standard InChI is InChI=1S/C17H17ClN2O/c1-17(14-10-6-3-7-11-14)19-15(18)16(21)20(17)12-13-8-4-2-5-9-13/h2-11,19,21H,12H2,1H3. The third-order valence-electron chi connectivity index (χ3n) is 3.86. The Morgan fingerprint density at radius 2 is 1.62 bits per heavy atom. The van der Waals surface area contributed by atoms with Crippen molar-refractivity contribution < 1.29 is 5.11 Å². The number of aliphatic hydroxyl groups excluding tert-OH is 1. The number of halogens is 1. The average molecular weight is 301 g/mol. The van der Waals surface area contributed by atoms with Gasteiger partial charge in [-0.25, -0.2) is 0 Å². The van der Waals surface area contributed by atoms with Crippen molar-refractivity contribution in [1.82, 2.24) is 10.2 Å². The molecule has 0 amide bonds. The number of rotatable bonds is 3. The molecule has 1 aliphatic heterocycles. The first-order valence-electron chi connectivity index (χ1n) is 6.85. The SMILES string of the molecule is CC1(c2ccccc2)NC(Cl)=C(O)N1Cc1ccccc1. The molecule has 0 radical (unpaired) electrons. The van der Waals surface area contributed by atoms with Gasteiger partial charge in [-0.05, 0) is 18.1 Å².